The molecule has 1 aliphatic rings. The minimum absolute atomic E-state index is 0. The van der Waals surface area contributed by atoms with Crippen molar-refractivity contribution in [2.75, 3.05) is 19.7 Å². The minimum Gasteiger partial charge on any atom is -0.412 e. The predicted molar refractivity (Wildman–Crippen MR) is 31.9 cm³/mol. The number of nitrogens with one attached hydrogen (secondary N) is 1. The SMILES string of the molecule is CC1CNCCO1.O. The van der Waals surface area contributed by atoms with E-state index in [9.17, 15) is 0 Å². The Morgan fingerprint density at radius 2 is 2.38 bits per heavy atom. The molecular formula is C5H13NO2. The van der Waals surface area contributed by atoms with Crippen LogP contribution in [0.4, 0.5) is 0 Å². The van der Waals surface area contributed by atoms with Gasteiger partial charge in [-0.2, -0.15) is 0 Å². The van der Waals surface area contributed by atoms with Crippen molar-refractivity contribution in [1.82, 2.24) is 5.32 Å². The zero-order valence-corrected chi connectivity index (χ0v) is 5.11. The van der Waals surface area contributed by atoms with Gasteiger partial charge in [-0.3, -0.25) is 0 Å². The molecule has 1 aliphatic heterocycles. The lowest BCUT2D eigenvalue weighted by molar-refractivity contribution is 0.0410. The molecule has 0 amide bonds. The molecule has 1 saturated heterocycles. The molecule has 3 heteroatoms. The highest BCUT2D eigenvalue weighted by atomic mass is 16.5. The average molecular weight is 119 g/mol. The maximum Gasteiger partial charge on any atom is 0.0672 e. The summed E-state index contributed by atoms with van der Waals surface area (Å²) in [7, 11) is 0. The van der Waals surface area contributed by atoms with E-state index in [0.717, 1.165) is 19.7 Å². The Bertz CT molecular complexity index is 52.4. The molecule has 3 nitrogen and oxygen atoms in total. The molecule has 0 aromatic carbocycles. The van der Waals surface area contributed by atoms with E-state index in [-0.39, 0.29) is 5.48 Å². The Hall–Kier alpha value is -0.120. The summed E-state index contributed by atoms with van der Waals surface area (Å²) in [5, 5.41) is 3.21. The molecular weight excluding hydrogens is 106 g/mol. The van der Waals surface area contributed by atoms with Crippen molar-refractivity contribution in [2.24, 2.45) is 0 Å². The summed E-state index contributed by atoms with van der Waals surface area (Å²) in [5.41, 5.74) is 0. The van der Waals surface area contributed by atoms with Crippen LogP contribution in [0.25, 0.3) is 0 Å². The first kappa shape index (κ1) is 7.88. The molecule has 0 aromatic rings. The van der Waals surface area contributed by atoms with E-state index in [1.807, 2.05) is 0 Å². The van der Waals surface area contributed by atoms with Crippen molar-refractivity contribution < 1.29 is 10.2 Å². The summed E-state index contributed by atoms with van der Waals surface area (Å²) >= 11 is 0. The van der Waals surface area contributed by atoms with Crippen LogP contribution in [0.5, 0.6) is 0 Å². The van der Waals surface area contributed by atoms with Gasteiger partial charge in [-0.25, -0.2) is 0 Å². The molecule has 0 spiro atoms. The lowest BCUT2D eigenvalue weighted by atomic mass is 10.3. The summed E-state index contributed by atoms with van der Waals surface area (Å²) < 4.78 is 5.22. The molecule has 1 fully saturated rings. The number of morpholine rings is 1. The van der Waals surface area contributed by atoms with Crippen molar-refractivity contribution in [2.45, 2.75) is 13.0 Å². The molecule has 0 radical (unpaired) electrons. The van der Waals surface area contributed by atoms with Gasteiger partial charge in [0, 0.05) is 13.1 Å². The molecule has 8 heavy (non-hydrogen) atoms. The van der Waals surface area contributed by atoms with Crippen LogP contribution in [-0.2, 0) is 4.74 Å². The van der Waals surface area contributed by atoms with Crippen LogP contribution < -0.4 is 5.32 Å². The van der Waals surface area contributed by atoms with E-state index >= 15 is 0 Å². The van der Waals surface area contributed by atoms with Crippen molar-refractivity contribution in [3.63, 3.8) is 0 Å². The van der Waals surface area contributed by atoms with Crippen LogP contribution >= 0.6 is 0 Å². The highest BCUT2D eigenvalue weighted by molar-refractivity contribution is 4.59. The smallest absolute Gasteiger partial charge is 0.0672 e. The minimum atomic E-state index is 0. The molecule has 0 aliphatic carbocycles. The van der Waals surface area contributed by atoms with Crippen LogP contribution in [0, 0.1) is 0 Å². The van der Waals surface area contributed by atoms with Gasteiger partial charge in [0.1, 0.15) is 0 Å². The third kappa shape index (κ3) is 2.26. The first-order chi connectivity index (χ1) is 3.39. The van der Waals surface area contributed by atoms with Crippen LogP contribution in [-0.4, -0.2) is 31.3 Å². The summed E-state index contributed by atoms with van der Waals surface area (Å²) in [6.07, 6.45) is 0.425. The summed E-state index contributed by atoms with van der Waals surface area (Å²) in [6.45, 7) is 4.98. The van der Waals surface area contributed by atoms with E-state index < -0.39 is 0 Å². The van der Waals surface area contributed by atoms with Gasteiger partial charge >= 0.3 is 0 Å². The second kappa shape index (κ2) is 3.83. The van der Waals surface area contributed by atoms with Gasteiger partial charge in [-0.15, -0.1) is 0 Å². The molecule has 3 N–H and O–H groups in total. The number of hydrogen-bond donors (Lipinski definition) is 1. The van der Waals surface area contributed by atoms with E-state index in [1.54, 1.807) is 0 Å². The molecule has 1 heterocycles. The van der Waals surface area contributed by atoms with Crippen LogP contribution in [0.15, 0.2) is 0 Å². The largest absolute Gasteiger partial charge is 0.412 e. The van der Waals surface area contributed by atoms with Crippen molar-refractivity contribution >= 4 is 0 Å². The zero-order valence-electron chi connectivity index (χ0n) is 5.11. The van der Waals surface area contributed by atoms with E-state index in [0.29, 0.717) is 6.10 Å². The van der Waals surface area contributed by atoms with Gasteiger partial charge in [0.2, 0.25) is 0 Å². The highest BCUT2D eigenvalue weighted by Gasteiger charge is 2.04. The zero-order chi connectivity index (χ0) is 5.11. The summed E-state index contributed by atoms with van der Waals surface area (Å²) in [4.78, 5) is 0. The quantitative estimate of drug-likeness (QED) is 0.452. The first-order valence-electron chi connectivity index (χ1n) is 2.72. The van der Waals surface area contributed by atoms with Gasteiger partial charge in [0.25, 0.3) is 0 Å². The highest BCUT2D eigenvalue weighted by Crippen LogP contribution is 1.91. The molecule has 0 saturated carbocycles. The van der Waals surface area contributed by atoms with Crippen molar-refractivity contribution in [3.8, 4) is 0 Å². The maximum atomic E-state index is 5.22. The van der Waals surface area contributed by atoms with E-state index in [4.69, 9.17) is 4.74 Å². The van der Waals surface area contributed by atoms with Crippen LogP contribution in [0.2, 0.25) is 0 Å². The number of hydrogen-bond acceptors (Lipinski definition) is 2. The number of rotatable bonds is 0. The predicted octanol–water partition coefficient (Wildman–Crippen LogP) is -0.830. The topological polar surface area (TPSA) is 52.8 Å². The number of ether oxygens (including phenoxy) is 1. The van der Waals surface area contributed by atoms with Gasteiger partial charge in [0.05, 0.1) is 12.7 Å². The lowest BCUT2D eigenvalue weighted by Gasteiger charge is -2.18. The lowest BCUT2D eigenvalue weighted by Crippen LogP contribution is -2.36. The summed E-state index contributed by atoms with van der Waals surface area (Å²) in [5.74, 6) is 0. The third-order valence-electron chi connectivity index (χ3n) is 1.11. The standard InChI is InChI=1S/C5H11NO.H2O/c1-5-4-6-2-3-7-5;/h5-6H,2-4H2,1H3;1H2. The molecule has 0 bridgehead atoms. The molecule has 1 rings (SSSR count). The van der Waals surface area contributed by atoms with Gasteiger partial charge in [-0.1, -0.05) is 0 Å². The van der Waals surface area contributed by atoms with Crippen LogP contribution in [0.1, 0.15) is 6.92 Å². The van der Waals surface area contributed by atoms with E-state index in [2.05, 4.69) is 12.2 Å². The normalized spacial score (nSPS) is 28.9. The Morgan fingerprint density at radius 3 is 2.62 bits per heavy atom. The Kier molecular flexibility index (Phi) is 3.77. The van der Waals surface area contributed by atoms with E-state index in [1.165, 1.54) is 0 Å². The molecule has 0 aromatic heterocycles. The Labute approximate surface area is 49.3 Å². The second-order valence-electron chi connectivity index (χ2n) is 1.89. The Morgan fingerprint density at radius 1 is 1.62 bits per heavy atom. The first-order valence-corrected chi connectivity index (χ1v) is 2.72. The van der Waals surface area contributed by atoms with Gasteiger partial charge in [0.15, 0.2) is 0 Å². The monoisotopic (exact) mass is 119 g/mol. The fourth-order valence-electron chi connectivity index (χ4n) is 0.697. The fourth-order valence-corrected chi connectivity index (χ4v) is 0.697. The van der Waals surface area contributed by atoms with Gasteiger partial charge < -0.3 is 15.5 Å². The fraction of sp³-hybridized carbons (Fsp3) is 1.00. The summed E-state index contributed by atoms with van der Waals surface area (Å²) in [6, 6.07) is 0. The molecule has 50 valence electrons. The molecule has 1 atom stereocenters. The Balaban J connectivity index is 0.000000490. The van der Waals surface area contributed by atoms with Crippen molar-refractivity contribution in [3.05, 3.63) is 0 Å². The van der Waals surface area contributed by atoms with Crippen molar-refractivity contribution in [1.29, 1.82) is 0 Å². The maximum absolute atomic E-state index is 5.22. The second-order valence-corrected chi connectivity index (χ2v) is 1.89. The third-order valence-corrected chi connectivity index (χ3v) is 1.11. The van der Waals surface area contributed by atoms with Gasteiger partial charge in [-0.05, 0) is 6.92 Å². The van der Waals surface area contributed by atoms with Crippen LogP contribution in [0.3, 0.4) is 0 Å². The average Bonchev–Trinajstić information content (AvgIpc) is 1.69. The molecule has 1 unspecified atom stereocenters.